The van der Waals surface area contributed by atoms with E-state index in [-0.39, 0.29) is 17.2 Å². The molecule has 1 aromatic rings. The van der Waals surface area contributed by atoms with Crippen LogP contribution in [0.25, 0.3) is 0 Å². The van der Waals surface area contributed by atoms with Gasteiger partial charge in [0.15, 0.2) is 0 Å². The normalized spacial score (nSPS) is 15.1. The van der Waals surface area contributed by atoms with Gasteiger partial charge in [0.2, 0.25) is 0 Å². The monoisotopic (exact) mass is 215 g/mol. The van der Waals surface area contributed by atoms with Crippen molar-refractivity contribution in [1.82, 2.24) is 0 Å². The number of benzene rings is 1. The predicted molar refractivity (Wildman–Crippen MR) is 57.3 cm³/mol. The summed E-state index contributed by atoms with van der Waals surface area (Å²) in [6, 6.07) is 4.20. The molecule has 0 saturated carbocycles. The van der Waals surface area contributed by atoms with Gasteiger partial charge in [0.05, 0.1) is 6.10 Å². The van der Waals surface area contributed by atoms with Gasteiger partial charge in [-0.2, -0.15) is 12.6 Å². The first-order chi connectivity index (χ1) is 6.56. The Balaban J connectivity index is 2.95. The lowest BCUT2D eigenvalue weighted by Gasteiger charge is -2.17. The van der Waals surface area contributed by atoms with Gasteiger partial charge in [0, 0.05) is 23.1 Å². The molecule has 1 aromatic carbocycles. The van der Waals surface area contributed by atoms with Crippen molar-refractivity contribution >= 4 is 18.3 Å². The molecule has 0 fully saturated rings. The maximum atomic E-state index is 9.60. The summed E-state index contributed by atoms with van der Waals surface area (Å²) in [5.41, 5.74) is 6.20. The highest BCUT2D eigenvalue weighted by Gasteiger charge is 2.19. The van der Waals surface area contributed by atoms with Crippen LogP contribution in [-0.2, 0) is 0 Å². The van der Waals surface area contributed by atoms with E-state index in [0.717, 1.165) is 0 Å². The Morgan fingerprint density at radius 2 is 2.00 bits per heavy atom. The first-order valence-electron chi connectivity index (χ1n) is 4.11. The number of phenolic OH excluding ortho intramolecular Hbond substituents is 1. The highest BCUT2D eigenvalue weighted by Crippen LogP contribution is 2.26. The van der Waals surface area contributed by atoms with Crippen LogP contribution < -0.4 is 5.73 Å². The topological polar surface area (TPSA) is 86.7 Å². The van der Waals surface area contributed by atoms with Gasteiger partial charge >= 0.3 is 0 Å². The van der Waals surface area contributed by atoms with Crippen molar-refractivity contribution in [3.8, 4) is 5.75 Å². The molecule has 14 heavy (non-hydrogen) atoms. The van der Waals surface area contributed by atoms with Gasteiger partial charge in [0.25, 0.3) is 0 Å². The number of anilines is 1. The highest BCUT2D eigenvalue weighted by molar-refractivity contribution is 7.80. The van der Waals surface area contributed by atoms with Gasteiger partial charge in [0.1, 0.15) is 11.9 Å². The molecule has 0 aliphatic carbocycles. The van der Waals surface area contributed by atoms with Crippen molar-refractivity contribution in [2.45, 2.75) is 12.2 Å². The second-order valence-electron chi connectivity index (χ2n) is 3.01. The third-order valence-corrected chi connectivity index (χ3v) is 2.31. The zero-order valence-electron chi connectivity index (χ0n) is 7.46. The van der Waals surface area contributed by atoms with E-state index >= 15 is 0 Å². The number of hydrogen-bond donors (Lipinski definition) is 5. The number of thiol groups is 1. The third-order valence-electron chi connectivity index (χ3n) is 1.94. The minimum atomic E-state index is -1.08. The quantitative estimate of drug-likeness (QED) is 0.371. The van der Waals surface area contributed by atoms with Gasteiger partial charge in [-0.25, -0.2) is 0 Å². The van der Waals surface area contributed by atoms with Crippen molar-refractivity contribution in [3.05, 3.63) is 23.8 Å². The molecule has 0 heterocycles. The van der Waals surface area contributed by atoms with Crippen LogP contribution in [0.3, 0.4) is 0 Å². The zero-order valence-corrected chi connectivity index (χ0v) is 8.35. The molecule has 1 rings (SSSR count). The van der Waals surface area contributed by atoms with E-state index in [1.54, 1.807) is 0 Å². The average molecular weight is 215 g/mol. The molecular formula is C9H13NO3S. The fourth-order valence-corrected chi connectivity index (χ4v) is 1.34. The highest BCUT2D eigenvalue weighted by atomic mass is 32.1. The minimum absolute atomic E-state index is 0.0267. The lowest BCUT2D eigenvalue weighted by atomic mass is 10.0. The van der Waals surface area contributed by atoms with Crippen molar-refractivity contribution in [3.63, 3.8) is 0 Å². The maximum Gasteiger partial charge on any atom is 0.117 e. The van der Waals surface area contributed by atoms with E-state index in [9.17, 15) is 10.2 Å². The number of aliphatic hydroxyl groups is 2. The van der Waals surface area contributed by atoms with Gasteiger partial charge in [-0.15, -0.1) is 0 Å². The Morgan fingerprint density at radius 3 is 2.50 bits per heavy atom. The molecule has 4 nitrogen and oxygen atoms in total. The molecule has 0 aliphatic heterocycles. The van der Waals surface area contributed by atoms with Crippen LogP contribution >= 0.6 is 12.6 Å². The molecule has 2 atom stereocenters. The van der Waals surface area contributed by atoms with E-state index in [2.05, 4.69) is 12.6 Å². The number of nitrogens with two attached hydrogens (primary N) is 1. The summed E-state index contributed by atoms with van der Waals surface area (Å²) in [4.78, 5) is 0. The summed E-state index contributed by atoms with van der Waals surface area (Å²) in [6.07, 6.45) is -2.04. The zero-order chi connectivity index (χ0) is 10.7. The number of hydrogen-bond acceptors (Lipinski definition) is 5. The largest absolute Gasteiger partial charge is 0.508 e. The van der Waals surface area contributed by atoms with Crippen LogP contribution in [-0.4, -0.2) is 27.2 Å². The fourth-order valence-electron chi connectivity index (χ4n) is 1.14. The molecule has 0 aromatic heterocycles. The number of aliphatic hydroxyl groups excluding tert-OH is 2. The van der Waals surface area contributed by atoms with Gasteiger partial charge < -0.3 is 21.1 Å². The van der Waals surface area contributed by atoms with E-state index in [1.165, 1.54) is 18.2 Å². The third kappa shape index (κ3) is 2.31. The molecule has 0 bridgehead atoms. The van der Waals surface area contributed by atoms with Crippen molar-refractivity contribution in [2.24, 2.45) is 0 Å². The maximum absolute atomic E-state index is 9.60. The molecule has 5 heteroatoms. The molecule has 0 saturated heterocycles. The Labute approximate surface area is 87.4 Å². The molecular weight excluding hydrogens is 202 g/mol. The molecule has 5 N–H and O–H groups in total. The summed E-state index contributed by atoms with van der Waals surface area (Å²) < 4.78 is 0. The van der Waals surface area contributed by atoms with E-state index < -0.39 is 12.2 Å². The van der Waals surface area contributed by atoms with Crippen LogP contribution in [0, 0.1) is 0 Å². The summed E-state index contributed by atoms with van der Waals surface area (Å²) in [5, 5.41) is 28.0. The average Bonchev–Trinajstić information content (AvgIpc) is 2.15. The van der Waals surface area contributed by atoms with Crippen molar-refractivity contribution < 1.29 is 15.3 Å². The predicted octanol–water partition coefficient (Wildman–Crippen LogP) is 0.299. The number of aromatic hydroxyl groups is 1. The van der Waals surface area contributed by atoms with Crippen LogP contribution in [0.1, 0.15) is 11.7 Å². The molecule has 78 valence electrons. The first kappa shape index (κ1) is 11.2. The summed E-state index contributed by atoms with van der Waals surface area (Å²) in [6.45, 7) is 0. The smallest absolute Gasteiger partial charge is 0.117 e. The van der Waals surface area contributed by atoms with Crippen LogP contribution in [0.4, 0.5) is 5.69 Å². The summed E-state index contributed by atoms with van der Waals surface area (Å²) in [5.74, 6) is 0.167. The SMILES string of the molecule is Nc1cc(O)ccc1C(O)C(O)CS. The Kier molecular flexibility index (Phi) is 3.62. The van der Waals surface area contributed by atoms with Gasteiger partial charge in [-0.3, -0.25) is 0 Å². The lowest BCUT2D eigenvalue weighted by Crippen LogP contribution is -2.20. The van der Waals surface area contributed by atoms with E-state index in [1.807, 2.05) is 0 Å². The molecule has 0 radical (unpaired) electrons. The molecule has 0 amide bonds. The first-order valence-corrected chi connectivity index (χ1v) is 4.75. The summed E-state index contributed by atoms with van der Waals surface area (Å²) in [7, 11) is 0. The van der Waals surface area contributed by atoms with Crippen LogP contribution in [0.15, 0.2) is 18.2 Å². The molecule has 0 spiro atoms. The van der Waals surface area contributed by atoms with E-state index in [0.29, 0.717) is 5.56 Å². The Bertz CT molecular complexity index is 319. The lowest BCUT2D eigenvalue weighted by molar-refractivity contribution is 0.0342. The number of nitrogen functional groups attached to an aromatic ring is 1. The van der Waals surface area contributed by atoms with Crippen LogP contribution in [0.2, 0.25) is 0 Å². The Hall–Kier alpha value is -0.910. The number of rotatable bonds is 3. The Morgan fingerprint density at radius 1 is 1.36 bits per heavy atom. The van der Waals surface area contributed by atoms with Gasteiger partial charge in [-0.1, -0.05) is 6.07 Å². The summed E-state index contributed by atoms with van der Waals surface area (Å²) >= 11 is 3.86. The second-order valence-corrected chi connectivity index (χ2v) is 3.37. The number of phenols is 1. The minimum Gasteiger partial charge on any atom is -0.508 e. The molecule has 2 unspecified atom stereocenters. The standard InChI is InChI=1S/C9H13NO3S/c10-7-3-5(11)1-2-6(7)9(13)8(12)4-14/h1-3,8-9,11-14H,4,10H2. The van der Waals surface area contributed by atoms with Gasteiger partial charge in [-0.05, 0) is 6.07 Å². The van der Waals surface area contributed by atoms with Crippen LogP contribution in [0.5, 0.6) is 5.75 Å². The van der Waals surface area contributed by atoms with E-state index in [4.69, 9.17) is 10.8 Å². The second kappa shape index (κ2) is 4.54. The molecule has 0 aliphatic rings. The van der Waals surface area contributed by atoms with Crippen molar-refractivity contribution in [1.29, 1.82) is 0 Å². The fraction of sp³-hybridized carbons (Fsp3) is 0.333. The van der Waals surface area contributed by atoms with Crippen molar-refractivity contribution in [2.75, 3.05) is 11.5 Å².